The maximum absolute atomic E-state index is 6.22. The van der Waals surface area contributed by atoms with Crippen LogP contribution in [0, 0.1) is 5.92 Å². The van der Waals surface area contributed by atoms with Gasteiger partial charge in [-0.3, -0.25) is 0 Å². The summed E-state index contributed by atoms with van der Waals surface area (Å²) in [5.74, 6) is 2.08. The third-order valence-electron chi connectivity index (χ3n) is 10.7. The average Bonchev–Trinajstić information content (AvgIpc) is 3.63. The minimum atomic E-state index is -0.309. The summed E-state index contributed by atoms with van der Waals surface area (Å²) in [6.45, 7) is 2.25. The number of rotatable bonds is 6. The van der Waals surface area contributed by atoms with Gasteiger partial charge in [-0.05, 0) is 86.3 Å². The predicted molar refractivity (Wildman–Crippen MR) is 225 cm³/mol. The smallest absolute Gasteiger partial charge is 0.159 e. The Bertz CT molecular complexity index is 2820. The minimum absolute atomic E-state index is 0.309. The Morgan fingerprint density at radius 2 is 1.28 bits per heavy atom. The monoisotopic (exact) mass is 695 g/mol. The first kappa shape index (κ1) is 31.9. The van der Waals surface area contributed by atoms with E-state index in [2.05, 4.69) is 164 Å². The lowest BCUT2D eigenvalue weighted by Gasteiger charge is -2.24. The summed E-state index contributed by atoms with van der Waals surface area (Å²) in [6.07, 6.45) is 7.61. The Balaban J connectivity index is 1.04. The van der Waals surface area contributed by atoms with E-state index >= 15 is 0 Å². The number of benzene rings is 7. The Labute approximate surface area is 314 Å². The topological polar surface area (TPSA) is 49.9 Å². The van der Waals surface area contributed by atoms with Crippen molar-refractivity contribution in [3.05, 3.63) is 198 Å². The molecule has 1 aliphatic heterocycles. The van der Waals surface area contributed by atoms with Crippen LogP contribution in [0.4, 0.5) is 0 Å². The van der Waals surface area contributed by atoms with Gasteiger partial charge in [-0.2, -0.15) is 0 Å². The fraction of sp³-hybridized carbons (Fsp3) is 0.0800. The molecule has 0 fully saturated rings. The van der Waals surface area contributed by atoms with Gasteiger partial charge in [0, 0.05) is 21.9 Å². The zero-order valence-electron chi connectivity index (χ0n) is 29.9. The Morgan fingerprint density at radius 3 is 2.09 bits per heavy atom. The molecule has 2 atom stereocenters. The van der Waals surface area contributed by atoms with Gasteiger partial charge >= 0.3 is 0 Å². The van der Waals surface area contributed by atoms with Gasteiger partial charge in [-0.15, -0.1) is 0 Å². The molecule has 0 bridgehead atoms. The van der Waals surface area contributed by atoms with Crippen LogP contribution in [-0.4, -0.2) is 11.7 Å². The maximum Gasteiger partial charge on any atom is 0.159 e. The quantitative estimate of drug-likeness (QED) is 0.188. The van der Waals surface area contributed by atoms with Crippen molar-refractivity contribution in [1.29, 1.82) is 0 Å². The molecule has 0 spiro atoms. The number of furan rings is 1. The van der Waals surface area contributed by atoms with Crippen LogP contribution in [0.5, 0.6) is 0 Å². The Kier molecular flexibility index (Phi) is 7.88. The molecule has 1 aliphatic carbocycles. The maximum atomic E-state index is 6.22. The number of aliphatic imine (C=N–C) groups is 2. The number of hydrogen-bond donors (Lipinski definition) is 1. The highest BCUT2D eigenvalue weighted by molar-refractivity contribution is 6.15. The first-order valence-corrected chi connectivity index (χ1v) is 18.7. The molecular formula is C50H37N3O. The standard InChI is InChI=1S/C50H37N3O/c1-32-14-16-34(17-15-32)36-20-26-39(27-21-36)49-51-48(38-24-18-35(19-25-38)33-8-3-2-4-9-33)52-50(53-49)41-29-23-37-22-28-40(30-42(37)31-41)43-11-7-13-46-47(43)44-10-5-6-12-45(44)54-46/h2-14,16-32,48H,15H2,1H3,(H,51,52,53). The van der Waals surface area contributed by atoms with Crippen molar-refractivity contribution in [3.8, 4) is 22.3 Å². The summed E-state index contributed by atoms with van der Waals surface area (Å²) in [4.78, 5) is 10.4. The van der Waals surface area contributed by atoms with Crippen LogP contribution in [0.1, 0.15) is 41.8 Å². The second-order valence-corrected chi connectivity index (χ2v) is 14.3. The molecule has 4 nitrogen and oxygen atoms in total. The van der Waals surface area contributed by atoms with Crippen molar-refractivity contribution in [2.24, 2.45) is 15.9 Å². The van der Waals surface area contributed by atoms with Crippen LogP contribution < -0.4 is 5.32 Å². The van der Waals surface area contributed by atoms with Crippen LogP contribution in [0.15, 0.2) is 190 Å². The second-order valence-electron chi connectivity index (χ2n) is 14.3. The number of amidine groups is 2. The Morgan fingerprint density at radius 1 is 0.593 bits per heavy atom. The lowest BCUT2D eigenvalue weighted by Crippen LogP contribution is -2.33. The number of fused-ring (bicyclic) bond motifs is 4. The third kappa shape index (κ3) is 5.92. The average molecular weight is 696 g/mol. The van der Waals surface area contributed by atoms with E-state index in [1.165, 1.54) is 27.6 Å². The molecular weight excluding hydrogens is 659 g/mol. The van der Waals surface area contributed by atoms with Crippen molar-refractivity contribution in [2.75, 3.05) is 0 Å². The van der Waals surface area contributed by atoms with Gasteiger partial charge in [-0.25, -0.2) is 9.98 Å². The number of para-hydroxylation sites is 1. The van der Waals surface area contributed by atoms with E-state index < -0.39 is 0 Å². The van der Waals surface area contributed by atoms with Crippen LogP contribution in [0.25, 0.3) is 60.5 Å². The van der Waals surface area contributed by atoms with Crippen molar-refractivity contribution >= 4 is 50.0 Å². The van der Waals surface area contributed by atoms with Gasteiger partial charge in [0.15, 0.2) is 5.84 Å². The lowest BCUT2D eigenvalue weighted by molar-refractivity contribution is 0.669. The van der Waals surface area contributed by atoms with Crippen LogP contribution >= 0.6 is 0 Å². The molecule has 0 amide bonds. The van der Waals surface area contributed by atoms with Gasteiger partial charge in [0.2, 0.25) is 0 Å². The molecule has 0 radical (unpaired) electrons. The van der Waals surface area contributed by atoms with E-state index in [0.29, 0.717) is 11.8 Å². The first-order valence-electron chi connectivity index (χ1n) is 18.7. The lowest BCUT2D eigenvalue weighted by atomic mass is 9.94. The minimum Gasteiger partial charge on any atom is -0.456 e. The summed E-state index contributed by atoms with van der Waals surface area (Å²) in [6, 6.07) is 55.7. The van der Waals surface area contributed by atoms with Crippen molar-refractivity contribution in [2.45, 2.75) is 19.5 Å². The van der Waals surface area contributed by atoms with E-state index in [0.717, 1.165) is 67.4 Å². The van der Waals surface area contributed by atoms with E-state index in [1.54, 1.807) is 0 Å². The van der Waals surface area contributed by atoms with Gasteiger partial charge in [0.05, 0.1) is 0 Å². The molecule has 1 N–H and O–H groups in total. The normalized spacial score (nSPS) is 16.9. The molecule has 0 saturated carbocycles. The summed E-state index contributed by atoms with van der Waals surface area (Å²) in [5, 5.41) is 8.27. The highest BCUT2D eigenvalue weighted by Gasteiger charge is 2.22. The zero-order valence-corrected chi connectivity index (χ0v) is 29.9. The number of allylic oxidation sites excluding steroid dienone is 4. The Hall–Kier alpha value is -6.78. The van der Waals surface area contributed by atoms with E-state index in [-0.39, 0.29) is 6.17 Å². The molecule has 8 aromatic rings. The van der Waals surface area contributed by atoms with Crippen molar-refractivity contribution < 1.29 is 4.42 Å². The van der Waals surface area contributed by atoms with Gasteiger partial charge in [0.25, 0.3) is 0 Å². The van der Waals surface area contributed by atoms with Crippen LogP contribution in [0.3, 0.4) is 0 Å². The van der Waals surface area contributed by atoms with E-state index in [1.807, 2.05) is 24.3 Å². The molecule has 10 rings (SSSR count). The highest BCUT2D eigenvalue weighted by Crippen LogP contribution is 2.38. The number of hydrogen-bond acceptors (Lipinski definition) is 4. The van der Waals surface area contributed by atoms with Crippen molar-refractivity contribution in [3.63, 3.8) is 0 Å². The summed E-state index contributed by atoms with van der Waals surface area (Å²) < 4.78 is 6.22. The number of nitrogens with zero attached hydrogens (tertiary/aromatic N) is 2. The molecule has 2 unspecified atom stereocenters. The van der Waals surface area contributed by atoms with Crippen LogP contribution in [0.2, 0.25) is 0 Å². The fourth-order valence-electron chi connectivity index (χ4n) is 7.71. The van der Waals surface area contributed by atoms with Crippen LogP contribution in [-0.2, 0) is 0 Å². The molecule has 4 heteroatoms. The highest BCUT2D eigenvalue weighted by atomic mass is 16.3. The van der Waals surface area contributed by atoms with Crippen molar-refractivity contribution in [1.82, 2.24) is 5.32 Å². The first-order chi connectivity index (χ1) is 26.6. The molecule has 0 saturated heterocycles. The molecule has 2 heterocycles. The molecule has 2 aliphatic rings. The van der Waals surface area contributed by atoms with Gasteiger partial charge in [0.1, 0.15) is 23.2 Å². The molecule has 1 aromatic heterocycles. The summed E-state index contributed by atoms with van der Waals surface area (Å²) >= 11 is 0. The molecule has 54 heavy (non-hydrogen) atoms. The van der Waals surface area contributed by atoms with E-state index in [4.69, 9.17) is 14.4 Å². The molecule has 7 aromatic carbocycles. The van der Waals surface area contributed by atoms with Gasteiger partial charge < -0.3 is 9.73 Å². The summed E-state index contributed by atoms with van der Waals surface area (Å²) in [7, 11) is 0. The third-order valence-corrected chi connectivity index (χ3v) is 10.7. The zero-order chi connectivity index (χ0) is 36.0. The SMILES string of the molecule is CC1C=CC(c2ccc(C3=NC(c4ccc(-c5ccccc5)cc4)NC(c4ccc5ccc(-c6cccc7oc8ccccc8c67)cc5c4)=N3)cc2)=CC1. The van der Waals surface area contributed by atoms with Gasteiger partial charge in [-0.1, -0.05) is 159 Å². The fourth-order valence-corrected chi connectivity index (χ4v) is 7.71. The number of nitrogens with one attached hydrogen (secondary N) is 1. The largest absolute Gasteiger partial charge is 0.456 e. The predicted octanol–water partition coefficient (Wildman–Crippen LogP) is 12.5. The second kappa shape index (κ2) is 13.3. The summed E-state index contributed by atoms with van der Waals surface area (Å²) in [5.41, 5.74) is 12.0. The molecule has 258 valence electrons. The van der Waals surface area contributed by atoms with E-state index in [9.17, 15) is 0 Å².